The fraction of sp³-hybridized carbons (Fsp3) is 0.333. The number of nitrogens with zero attached hydrogens (tertiary/aromatic N) is 1. The molecule has 1 aromatic heterocycles. The van der Waals surface area contributed by atoms with Gasteiger partial charge < -0.3 is 9.47 Å². The minimum atomic E-state index is -1.67. The van der Waals surface area contributed by atoms with Crippen molar-refractivity contribution in [3.63, 3.8) is 0 Å². The van der Waals surface area contributed by atoms with Gasteiger partial charge in [-0.1, -0.05) is 64.6 Å². The van der Waals surface area contributed by atoms with Crippen LogP contribution in [0.25, 0.3) is 0 Å². The van der Waals surface area contributed by atoms with Crippen molar-refractivity contribution < 1.29 is 14.3 Å². The van der Waals surface area contributed by atoms with E-state index in [1.54, 1.807) is 19.4 Å². The molecule has 8 heteroatoms. The normalized spacial score (nSPS) is 22.0. The summed E-state index contributed by atoms with van der Waals surface area (Å²) < 4.78 is 8.93. The molecule has 0 bridgehead atoms. The van der Waals surface area contributed by atoms with Crippen molar-refractivity contribution >= 4 is 52.4 Å². The molecule has 138 valence electrons. The van der Waals surface area contributed by atoms with Crippen LogP contribution in [0.1, 0.15) is 23.5 Å². The summed E-state index contributed by atoms with van der Waals surface area (Å²) in [5.74, 6) is 0.0928. The lowest BCUT2D eigenvalue weighted by atomic mass is 9.91. The second-order valence-electron chi connectivity index (χ2n) is 6.07. The number of pyridine rings is 1. The molecule has 0 radical (unpaired) electrons. The molecule has 1 fully saturated rings. The highest BCUT2D eigenvalue weighted by Gasteiger charge is 2.63. The van der Waals surface area contributed by atoms with E-state index in [1.165, 1.54) is 0 Å². The van der Waals surface area contributed by atoms with Gasteiger partial charge in [-0.3, -0.25) is 4.79 Å². The summed E-state index contributed by atoms with van der Waals surface area (Å²) in [4.78, 5) is 17.0. The van der Waals surface area contributed by atoms with Crippen LogP contribution < -0.4 is 4.74 Å². The van der Waals surface area contributed by atoms with Crippen molar-refractivity contribution in [1.29, 1.82) is 0 Å². The third kappa shape index (κ3) is 4.04. The van der Waals surface area contributed by atoms with Crippen LogP contribution in [0, 0.1) is 0 Å². The molecule has 26 heavy (non-hydrogen) atoms. The predicted molar refractivity (Wildman–Crippen MR) is 103 cm³/mol. The molecule has 0 aliphatic heterocycles. The summed E-state index contributed by atoms with van der Waals surface area (Å²) in [5.41, 5.74) is 0.800. The topological polar surface area (TPSA) is 48.4 Å². The Morgan fingerprint density at radius 3 is 2.69 bits per heavy atom. The zero-order valence-electron chi connectivity index (χ0n) is 13.7. The number of hydrogen-bond acceptors (Lipinski definition) is 4. The van der Waals surface area contributed by atoms with Crippen LogP contribution in [0.3, 0.4) is 0 Å². The number of halogens is 4. The standard InChI is InChI=1S/C18H15Cl4NO3/c1-25-13-4-2-3-12(7-13)17(16(24)26-10-18(20,21)22)8-14(17)11-5-6-15(19)23-9-11/h2-7,9,14H,8,10H2,1H3/t14-,17-/m1/s1. The fourth-order valence-corrected chi connectivity index (χ4v) is 3.37. The highest BCUT2D eigenvalue weighted by molar-refractivity contribution is 6.67. The Balaban J connectivity index is 1.95. The molecule has 2 aromatic rings. The number of methoxy groups -OCH3 is 1. The molecular weight excluding hydrogens is 420 g/mol. The molecule has 4 nitrogen and oxygen atoms in total. The largest absolute Gasteiger partial charge is 0.497 e. The van der Waals surface area contributed by atoms with Gasteiger partial charge in [0.15, 0.2) is 0 Å². The average molecular weight is 435 g/mol. The summed E-state index contributed by atoms with van der Waals surface area (Å²) in [5, 5.41) is 0.389. The molecule has 2 atom stereocenters. The molecule has 0 spiro atoms. The van der Waals surface area contributed by atoms with Crippen LogP contribution in [0.15, 0.2) is 42.6 Å². The SMILES string of the molecule is COc1cccc([C@]2(C(=O)OCC(Cl)(Cl)Cl)C[C@@H]2c2ccc(Cl)nc2)c1. The Bertz CT molecular complexity index is 807. The van der Waals surface area contributed by atoms with Crippen molar-refractivity contribution in [2.45, 2.75) is 21.5 Å². The van der Waals surface area contributed by atoms with Gasteiger partial charge in [0.2, 0.25) is 3.79 Å². The predicted octanol–water partition coefficient (Wildman–Crippen LogP) is 5.08. The van der Waals surface area contributed by atoms with Gasteiger partial charge in [-0.2, -0.15) is 0 Å². The van der Waals surface area contributed by atoms with Crippen LogP contribution in [0.5, 0.6) is 5.75 Å². The summed E-state index contributed by atoms with van der Waals surface area (Å²) >= 11 is 23.0. The van der Waals surface area contributed by atoms with Crippen LogP contribution in [-0.2, 0) is 14.9 Å². The Morgan fingerprint density at radius 1 is 1.31 bits per heavy atom. The van der Waals surface area contributed by atoms with E-state index in [9.17, 15) is 4.79 Å². The molecule has 1 aromatic carbocycles. The van der Waals surface area contributed by atoms with Crippen molar-refractivity contribution in [1.82, 2.24) is 4.98 Å². The first-order valence-electron chi connectivity index (χ1n) is 7.76. The first kappa shape index (κ1) is 19.6. The van der Waals surface area contributed by atoms with Crippen molar-refractivity contribution in [3.8, 4) is 5.75 Å². The molecule has 0 N–H and O–H groups in total. The lowest BCUT2D eigenvalue weighted by Gasteiger charge is -2.20. The monoisotopic (exact) mass is 433 g/mol. The number of rotatable bonds is 5. The number of alkyl halides is 3. The highest BCUT2D eigenvalue weighted by Crippen LogP contribution is 2.61. The van der Waals surface area contributed by atoms with E-state index in [0.717, 1.165) is 11.1 Å². The maximum atomic E-state index is 12.9. The number of hydrogen-bond donors (Lipinski definition) is 0. The molecule has 1 aliphatic rings. The molecule has 3 rings (SSSR count). The minimum Gasteiger partial charge on any atom is -0.497 e. The molecular formula is C18H15Cl4NO3. The van der Waals surface area contributed by atoms with Gasteiger partial charge >= 0.3 is 5.97 Å². The lowest BCUT2D eigenvalue weighted by Crippen LogP contribution is -2.28. The van der Waals surface area contributed by atoms with Crippen LogP contribution in [0.4, 0.5) is 0 Å². The van der Waals surface area contributed by atoms with Gasteiger partial charge in [0.05, 0.1) is 7.11 Å². The first-order valence-corrected chi connectivity index (χ1v) is 9.27. The maximum Gasteiger partial charge on any atom is 0.317 e. The smallest absolute Gasteiger partial charge is 0.317 e. The van der Waals surface area contributed by atoms with Gasteiger partial charge in [0.1, 0.15) is 22.9 Å². The molecule has 0 saturated heterocycles. The highest BCUT2D eigenvalue weighted by atomic mass is 35.6. The van der Waals surface area contributed by atoms with E-state index in [-0.39, 0.29) is 12.5 Å². The van der Waals surface area contributed by atoms with E-state index < -0.39 is 15.2 Å². The third-order valence-corrected chi connectivity index (χ3v) is 4.98. The van der Waals surface area contributed by atoms with Gasteiger partial charge in [0.25, 0.3) is 0 Å². The summed E-state index contributed by atoms with van der Waals surface area (Å²) in [6, 6.07) is 10.9. The van der Waals surface area contributed by atoms with E-state index >= 15 is 0 Å². The zero-order chi connectivity index (χ0) is 18.9. The number of aromatic nitrogens is 1. The Morgan fingerprint density at radius 2 is 2.08 bits per heavy atom. The van der Waals surface area contributed by atoms with Crippen LogP contribution >= 0.6 is 46.4 Å². The number of carbonyl (C=O) groups is 1. The lowest BCUT2D eigenvalue weighted by molar-refractivity contribution is -0.146. The van der Waals surface area contributed by atoms with Crippen molar-refractivity contribution in [3.05, 3.63) is 58.9 Å². The molecule has 0 amide bonds. The molecule has 1 heterocycles. The number of carbonyl (C=O) groups excluding carboxylic acids is 1. The van der Waals surface area contributed by atoms with Gasteiger partial charge in [0, 0.05) is 12.1 Å². The van der Waals surface area contributed by atoms with E-state index in [2.05, 4.69) is 4.98 Å². The van der Waals surface area contributed by atoms with Crippen molar-refractivity contribution in [2.75, 3.05) is 13.7 Å². The van der Waals surface area contributed by atoms with E-state index in [4.69, 9.17) is 55.9 Å². The number of ether oxygens (including phenoxy) is 2. The second-order valence-corrected chi connectivity index (χ2v) is 8.97. The fourth-order valence-electron chi connectivity index (χ4n) is 3.10. The summed E-state index contributed by atoms with van der Waals surface area (Å²) in [6.07, 6.45) is 2.22. The van der Waals surface area contributed by atoms with Gasteiger partial charge in [-0.25, -0.2) is 4.98 Å². The van der Waals surface area contributed by atoms with E-state index in [1.807, 2.05) is 30.3 Å². The number of benzene rings is 1. The van der Waals surface area contributed by atoms with E-state index in [0.29, 0.717) is 17.3 Å². The molecule has 1 aliphatic carbocycles. The third-order valence-electron chi connectivity index (χ3n) is 4.43. The Hall–Kier alpha value is -1.20. The van der Waals surface area contributed by atoms with Crippen LogP contribution in [-0.4, -0.2) is 28.5 Å². The maximum absolute atomic E-state index is 12.9. The summed E-state index contributed by atoms with van der Waals surface area (Å²) in [7, 11) is 1.57. The summed E-state index contributed by atoms with van der Waals surface area (Å²) in [6.45, 7) is -0.326. The number of esters is 1. The second kappa shape index (κ2) is 7.43. The van der Waals surface area contributed by atoms with Gasteiger partial charge in [-0.15, -0.1) is 0 Å². The van der Waals surface area contributed by atoms with Gasteiger partial charge in [-0.05, 0) is 35.7 Å². The minimum absolute atomic E-state index is 0.109. The van der Waals surface area contributed by atoms with Crippen molar-refractivity contribution in [2.24, 2.45) is 0 Å². The Labute approximate surface area is 171 Å². The average Bonchev–Trinajstić information content (AvgIpc) is 3.36. The first-order chi connectivity index (χ1) is 12.3. The zero-order valence-corrected chi connectivity index (χ0v) is 16.7. The molecule has 0 unspecified atom stereocenters. The quantitative estimate of drug-likeness (QED) is 0.374. The Kier molecular flexibility index (Phi) is 5.59. The van der Waals surface area contributed by atoms with Crippen LogP contribution in [0.2, 0.25) is 5.15 Å². The molecule has 1 saturated carbocycles.